The van der Waals surface area contributed by atoms with Gasteiger partial charge in [-0.15, -0.1) is 5.10 Å². The number of carbonyl (C=O) groups excluding carboxylic acids is 2. The van der Waals surface area contributed by atoms with Gasteiger partial charge in [0.25, 0.3) is 5.91 Å². The highest BCUT2D eigenvalue weighted by Crippen LogP contribution is 2.29. The molecule has 2 amide bonds. The maximum Gasteiger partial charge on any atom is 0.273 e. The Bertz CT molecular complexity index is 1050. The number of rotatable bonds is 5. The van der Waals surface area contributed by atoms with E-state index in [0.717, 1.165) is 42.9 Å². The normalized spacial score (nSPS) is 24.0. The summed E-state index contributed by atoms with van der Waals surface area (Å²) in [5, 5.41) is 10.7. The van der Waals surface area contributed by atoms with E-state index in [1.165, 1.54) is 44.4 Å². The van der Waals surface area contributed by atoms with E-state index in [-0.39, 0.29) is 29.2 Å². The van der Waals surface area contributed by atoms with E-state index in [1.54, 1.807) is 0 Å². The van der Waals surface area contributed by atoms with Gasteiger partial charge in [0.15, 0.2) is 11.5 Å². The fourth-order valence-electron chi connectivity index (χ4n) is 5.34. The van der Waals surface area contributed by atoms with Crippen LogP contribution in [0.4, 0.5) is 8.78 Å². The first kappa shape index (κ1) is 22.9. The monoisotopic (exact) mass is 472 g/mol. The van der Waals surface area contributed by atoms with Crippen molar-refractivity contribution < 1.29 is 18.4 Å². The zero-order chi connectivity index (χ0) is 23.7. The highest BCUT2D eigenvalue weighted by molar-refractivity contribution is 5.92. The molecule has 2 aromatic rings. The average Bonchev–Trinajstić information content (AvgIpc) is 3.29. The van der Waals surface area contributed by atoms with Crippen LogP contribution in [0, 0.1) is 17.6 Å². The molecule has 0 spiro atoms. The van der Waals surface area contributed by atoms with Crippen LogP contribution in [0.25, 0.3) is 5.69 Å². The lowest BCUT2D eigenvalue weighted by Crippen LogP contribution is -2.59. The van der Waals surface area contributed by atoms with Crippen LogP contribution in [0.3, 0.4) is 0 Å². The van der Waals surface area contributed by atoms with Crippen LogP contribution >= 0.6 is 0 Å². The maximum atomic E-state index is 14.1. The van der Waals surface area contributed by atoms with E-state index in [4.69, 9.17) is 0 Å². The minimum absolute atomic E-state index is 0.000391. The van der Waals surface area contributed by atoms with E-state index >= 15 is 0 Å². The van der Waals surface area contributed by atoms with Crippen LogP contribution in [0.5, 0.6) is 0 Å². The predicted octanol–water partition coefficient (Wildman–Crippen LogP) is 2.53. The third-order valence-electron chi connectivity index (χ3n) is 7.42. The molecule has 3 fully saturated rings. The van der Waals surface area contributed by atoms with E-state index in [2.05, 4.69) is 20.5 Å². The lowest BCUT2D eigenvalue weighted by Gasteiger charge is -2.45. The highest BCUT2D eigenvalue weighted by atomic mass is 19.1. The zero-order valence-corrected chi connectivity index (χ0v) is 19.1. The van der Waals surface area contributed by atoms with Crippen molar-refractivity contribution in [1.29, 1.82) is 0 Å². The molecular weight excluding hydrogens is 442 g/mol. The molecule has 0 unspecified atom stereocenters. The molecule has 2 aliphatic heterocycles. The van der Waals surface area contributed by atoms with Crippen LogP contribution < -0.4 is 5.32 Å². The largest absolute Gasteiger partial charge is 0.347 e. The number of halogens is 2. The van der Waals surface area contributed by atoms with Crippen molar-refractivity contribution in [3.05, 3.63) is 41.7 Å². The van der Waals surface area contributed by atoms with E-state index in [0.29, 0.717) is 19.0 Å². The standard InChI is InChI=1S/C24H30F2N6O2/c25-16-7-8-22(19(26)13-16)32-15-21(28-29-32)23(33)27-20-9-12-31(17-5-2-1-3-6-17)14-18(20)24(34)30-10-4-11-30/h7-8,13,15,17-18,20H,1-6,9-12,14H2,(H,27,33)/t18-,20-/m1/s1. The number of amides is 2. The van der Waals surface area contributed by atoms with Gasteiger partial charge in [-0.25, -0.2) is 13.5 Å². The number of nitrogens with one attached hydrogen (secondary N) is 1. The fourth-order valence-corrected chi connectivity index (χ4v) is 5.34. The van der Waals surface area contributed by atoms with E-state index in [9.17, 15) is 18.4 Å². The molecule has 1 N–H and O–H groups in total. The Kier molecular flexibility index (Phi) is 6.58. The summed E-state index contributed by atoms with van der Waals surface area (Å²) in [5.41, 5.74) is 0.0214. The van der Waals surface area contributed by atoms with Crippen molar-refractivity contribution in [2.24, 2.45) is 5.92 Å². The Morgan fingerprint density at radius 3 is 2.50 bits per heavy atom. The molecule has 34 heavy (non-hydrogen) atoms. The Labute approximate surface area is 197 Å². The summed E-state index contributed by atoms with van der Waals surface area (Å²) in [6.07, 6.45) is 9.11. The molecule has 5 rings (SSSR count). The fraction of sp³-hybridized carbons (Fsp3) is 0.583. The van der Waals surface area contributed by atoms with Gasteiger partial charge in [0, 0.05) is 44.3 Å². The minimum atomic E-state index is -0.799. The number of hydrogen-bond acceptors (Lipinski definition) is 5. The Hall–Kier alpha value is -2.88. The molecule has 2 atom stereocenters. The van der Waals surface area contributed by atoms with Crippen LogP contribution in [0.15, 0.2) is 24.4 Å². The average molecular weight is 473 g/mol. The van der Waals surface area contributed by atoms with Crippen molar-refractivity contribution in [3.8, 4) is 5.69 Å². The molecule has 1 aromatic carbocycles. The molecule has 8 nitrogen and oxygen atoms in total. The Morgan fingerprint density at radius 1 is 1.00 bits per heavy atom. The van der Waals surface area contributed by atoms with Crippen molar-refractivity contribution in [3.63, 3.8) is 0 Å². The van der Waals surface area contributed by atoms with E-state index in [1.807, 2.05) is 4.90 Å². The molecule has 3 heterocycles. The summed E-state index contributed by atoms with van der Waals surface area (Å²) in [4.78, 5) is 30.5. The third-order valence-corrected chi connectivity index (χ3v) is 7.42. The number of likely N-dealkylation sites (tertiary alicyclic amines) is 2. The number of piperidine rings is 1. The summed E-state index contributed by atoms with van der Waals surface area (Å²) in [7, 11) is 0. The predicted molar refractivity (Wildman–Crippen MR) is 120 cm³/mol. The second kappa shape index (κ2) is 9.77. The Balaban J connectivity index is 1.29. The zero-order valence-electron chi connectivity index (χ0n) is 19.1. The summed E-state index contributed by atoms with van der Waals surface area (Å²) >= 11 is 0. The smallest absolute Gasteiger partial charge is 0.273 e. The van der Waals surface area contributed by atoms with Gasteiger partial charge in [0.2, 0.25) is 5.91 Å². The first-order chi connectivity index (χ1) is 16.5. The molecule has 0 bridgehead atoms. The molecule has 1 aliphatic carbocycles. The summed E-state index contributed by atoms with van der Waals surface area (Å²) in [6.45, 7) is 3.04. The number of aromatic nitrogens is 3. The number of nitrogens with zero attached hydrogens (tertiary/aromatic N) is 5. The first-order valence-corrected chi connectivity index (χ1v) is 12.2. The first-order valence-electron chi connectivity index (χ1n) is 12.2. The number of carbonyl (C=O) groups is 2. The quantitative estimate of drug-likeness (QED) is 0.723. The van der Waals surface area contributed by atoms with E-state index < -0.39 is 17.5 Å². The van der Waals surface area contributed by atoms with Crippen molar-refractivity contribution in [2.75, 3.05) is 26.2 Å². The lowest BCUT2D eigenvalue weighted by molar-refractivity contribution is -0.142. The van der Waals surface area contributed by atoms with Gasteiger partial charge in [-0.1, -0.05) is 24.5 Å². The van der Waals surface area contributed by atoms with Crippen molar-refractivity contribution in [1.82, 2.24) is 30.1 Å². The molecule has 1 saturated carbocycles. The topological polar surface area (TPSA) is 83.4 Å². The van der Waals surface area contributed by atoms with Gasteiger partial charge < -0.3 is 10.2 Å². The Morgan fingerprint density at radius 2 is 1.79 bits per heavy atom. The van der Waals surface area contributed by atoms with Gasteiger partial charge in [-0.3, -0.25) is 14.5 Å². The third kappa shape index (κ3) is 4.68. The summed E-state index contributed by atoms with van der Waals surface area (Å²) < 4.78 is 28.4. The van der Waals surface area contributed by atoms with Gasteiger partial charge in [0.05, 0.1) is 12.1 Å². The van der Waals surface area contributed by atoms with Crippen LogP contribution in [-0.2, 0) is 4.79 Å². The molecular formula is C24H30F2N6O2. The second-order valence-electron chi connectivity index (χ2n) is 9.58. The maximum absolute atomic E-state index is 14.1. The minimum Gasteiger partial charge on any atom is -0.347 e. The molecule has 10 heteroatoms. The van der Waals surface area contributed by atoms with Crippen LogP contribution in [0.1, 0.15) is 55.4 Å². The molecule has 0 radical (unpaired) electrons. The molecule has 2 saturated heterocycles. The molecule has 1 aromatic heterocycles. The number of benzene rings is 1. The van der Waals surface area contributed by atoms with Crippen molar-refractivity contribution in [2.45, 2.75) is 57.0 Å². The van der Waals surface area contributed by atoms with Crippen molar-refractivity contribution >= 4 is 11.8 Å². The summed E-state index contributed by atoms with van der Waals surface area (Å²) in [5.74, 6) is -2.14. The molecule has 182 valence electrons. The SMILES string of the molecule is O=C(N[C@@H]1CCN(C2CCCCC2)C[C@H]1C(=O)N1CCC1)c1cn(-c2ccc(F)cc2F)nn1. The number of hydrogen-bond donors (Lipinski definition) is 1. The second-order valence-corrected chi connectivity index (χ2v) is 9.58. The van der Waals surface area contributed by atoms with Gasteiger partial charge in [-0.2, -0.15) is 0 Å². The van der Waals surface area contributed by atoms with Crippen LogP contribution in [0.2, 0.25) is 0 Å². The molecule has 3 aliphatic rings. The summed E-state index contributed by atoms with van der Waals surface area (Å²) in [6, 6.07) is 3.33. The lowest BCUT2D eigenvalue weighted by atomic mass is 9.86. The highest BCUT2D eigenvalue weighted by Gasteiger charge is 2.40. The van der Waals surface area contributed by atoms with Crippen LogP contribution in [-0.4, -0.2) is 74.9 Å². The van der Waals surface area contributed by atoms with Gasteiger partial charge >= 0.3 is 0 Å². The van der Waals surface area contributed by atoms with Gasteiger partial charge in [0.1, 0.15) is 11.5 Å². The van der Waals surface area contributed by atoms with Gasteiger partial charge in [-0.05, 0) is 37.8 Å².